The number of unbranched alkanes of at least 4 members (excludes halogenated alkanes) is 1. The predicted octanol–water partition coefficient (Wildman–Crippen LogP) is 1.97. The summed E-state index contributed by atoms with van der Waals surface area (Å²) in [7, 11) is 1.80. The molecule has 0 bridgehead atoms. The minimum absolute atomic E-state index is 0.855. The number of nitrogens with zero attached hydrogens (tertiary/aromatic N) is 2. The van der Waals surface area contributed by atoms with Gasteiger partial charge in [0.05, 0.1) is 0 Å². The highest BCUT2D eigenvalue weighted by Gasteiger charge is 2.26. The van der Waals surface area contributed by atoms with Crippen LogP contribution in [0.2, 0.25) is 0 Å². The van der Waals surface area contributed by atoms with Gasteiger partial charge in [0.15, 0.2) is 0 Å². The van der Waals surface area contributed by atoms with E-state index in [1.54, 1.807) is 7.11 Å². The van der Waals surface area contributed by atoms with E-state index in [1.807, 2.05) is 0 Å². The van der Waals surface area contributed by atoms with E-state index in [1.165, 1.54) is 71.2 Å². The van der Waals surface area contributed by atoms with Crippen molar-refractivity contribution in [3.05, 3.63) is 0 Å². The number of ether oxygens (including phenoxy) is 1. The largest absolute Gasteiger partial charge is 0.385 e. The van der Waals surface area contributed by atoms with Crippen molar-refractivity contribution in [1.29, 1.82) is 0 Å². The van der Waals surface area contributed by atoms with Crippen molar-refractivity contribution in [1.82, 2.24) is 9.80 Å². The van der Waals surface area contributed by atoms with Gasteiger partial charge >= 0.3 is 0 Å². The maximum atomic E-state index is 5.12. The first kappa shape index (κ1) is 13.3. The Morgan fingerprint density at radius 2 is 1.94 bits per heavy atom. The monoisotopic (exact) mass is 240 g/mol. The van der Waals surface area contributed by atoms with Gasteiger partial charge < -0.3 is 9.64 Å². The molecule has 2 saturated heterocycles. The van der Waals surface area contributed by atoms with E-state index < -0.39 is 0 Å². The molecule has 100 valence electrons. The lowest BCUT2D eigenvalue weighted by atomic mass is 10.0. The van der Waals surface area contributed by atoms with Gasteiger partial charge in [-0.1, -0.05) is 6.42 Å². The topological polar surface area (TPSA) is 15.7 Å². The molecule has 0 aromatic rings. The molecule has 2 aliphatic heterocycles. The highest BCUT2D eigenvalue weighted by Crippen LogP contribution is 2.20. The third kappa shape index (κ3) is 4.23. The summed E-state index contributed by atoms with van der Waals surface area (Å²) in [4.78, 5) is 5.42. The van der Waals surface area contributed by atoms with Gasteiger partial charge in [-0.15, -0.1) is 0 Å². The second kappa shape index (κ2) is 7.34. The molecule has 2 fully saturated rings. The van der Waals surface area contributed by atoms with E-state index >= 15 is 0 Å². The molecule has 1 unspecified atom stereocenters. The van der Waals surface area contributed by atoms with E-state index in [9.17, 15) is 0 Å². The van der Waals surface area contributed by atoms with Crippen LogP contribution in [0.15, 0.2) is 0 Å². The second-order valence-electron chi connectivity index (χ2n) is 5.54. The third-order valence-corrected chi connectivity index (χ3v) is 4.21. The molecule has 2 heterocycles. The summed E-state index contributed by atoms with van der Waals surface area (Å²) in [5.74, 6) is 0. The van der Waals surface area contributed by atoms with E-state index in [-0.39, 0.29) is 0 Å². The first-order valence-electron chi connectivity index (χ1n) is 7.35. The van der Waals surface area contributed by atoms with Gasteiger partial charge in [-0.05, 0) is 58.3 Å². The Balaban J connectivity index is 1.71. The smallest absolute Gasteiger partial charge is 0.0462 e. The van der Waals surface area contributed by atoms with Gasteiger partial charge in [0.1, 0.15) is 0 Å². The van der Waals surface area contributed by atoms with Crippen LogP contribution in [0.25, 0.3) is 0 Å². The molecule has 0 aromatic carbocycles. The lowest BCUT2D eigenvalue weighted by molar-refractivity contribution is 0.134. The molecule has 3 heteroatoms. The zero-order chi connectivity index (χ0) is 11.9. The van der Waals surface area contributed by atoms with Gasteiger partial charge in [0, 0.05) is 26.3 Å². The summed E-state index contributed by atoms with van der Waals surface area (Å²) in [5.41, 5.74) is 0. The molecular formula is C14H28N2O. The van der Waals surface area contributed by atoms with Crippen molar-refractivity contribution in [2.24, 2.45) is 0 Å². The fourth-order valence-corrected chi connectivity index (χ4v) is 3.23. The lowest BCUT2D eigenvalue weighted by Gasteiger charge is -2.35. The van der Waals surface area contributed by atoms with Crippen molar-refractivity contribution in [2.45, 2.75) is 44.6 Å². The van der Waals surface area contributed by atoms with E-state index in [2.05, 4.69) is 9.80 Å². The van der Waals surface area contributed by atoms with Gasteiger partial charge in [0.25, 0.3) is 0 Å². The summed E-state index contributed by atoms with van der Waals surface area (Å²) < 4.78 is 5.12. The molecule has 0 aromatic heterocycles. The van der Waals surface area contributed by atoms with Crippen molar-refractivity contribution in [2.75, 3.05) is 46.4 Å². The van der Waals surface area contributed by atoms with Crippen LogP contribution in [0.5, 0.6) is 0 Å². The quantitative estimate of drug-likeness (QED) is 0.683. The Morgan fingerprint density at radius 3 is 2.82 bits per heavy atom. The molecule has 0 N–H and O–H groups in total. The molecule has 2 rings (SSSR count). The Morgan fingerprint density at radius 1 is 1.06 bits per heavy atom. The lowest BCUT2D eigenvalue weighted by Crippen LogP contribution is -2.44. The van der Waals surface area contributed by atoms with Crippen LogP contribution in [-0.2, 0) is 4.74 Å². The summed E-state index contributed by atoms with van der Waals surface area (Å²) in [6.45, 7) is 7.49. The van der Waals surface area contributed by atoms with Crippen molar-refractivity contribution in [3.8, 4) is 0 Å². The van der Waals surface area contributed by atoms with E-state index in [0.29, 0.717) is 0 Å². The van der Waals surface area contributed by atoms with Crippen molar-refractivity contribution >= 4 is 0 Å². The fourth-order valence-electron chi connectivity index (χ4n) is 3.23. The zero-order valence-corrected chi connectivity index (χ0v) is 11.4. The van der Waals surface area contributed by atoms with Gasteiger partial charge in [-0.3, -0.25) is 4.90 Å². The number of methoxy groups -OCH3 is 1. The maximum absolute atomic E-state index is 5.12. The Bertz CT molecular complexity index is 210. The SMILES string of the molecule is COCCCCN1CCCN2CCCCC2C1. The van der Waals surface area contributed by atoms with Crippen LogP contribution in [0, 0.1) is 0 Å². The Labute approximate surface area is 106 Å². The van der Waals surface area contributed by atoms with Crippen molar-refractivity contribution < 1.29 is 4.74 Å². The van der Waals surface area contributed by atoms with Crippen LogP contribution < -0.4 is 0 Å². The van der Waals surface area contributed by atoms with Crippen LogP contribution in [0.1, 0.15) is 38.5 Å². The average molecular weight is 240 g/mol. The first-order valence-corrected chi connectivity index (χ1v) is 7.35. The molecule has 0 amide bonds. The first-order chi connectivity index (χ1) is 8.40. The van der Waals surface area contributed by atoms with Gasteiger partial charge in [0.2, 0.25) is 0 Å². The Hall–Kier alpha value is -0.120. The molecule has 1 atom stereocenters. The maximum Gasteiger partial charge on any atom is 0.0462 e. The third-order valence-electron chi connectivity index (χ3n) is 4.21. The fraction of sp³-hybridized carbons (Fsp3) is 1.00. The van der Waals surface area contributed by atoms with E-state index in [0.717, 1.165) is 12.6 Å². The number of rotatable bonds is 5. The molecule has 0 saturated carbocycles. The van der Waals surface area contributed by atoms with Crippen LogP contribution in [0.3, 0.4) is 0 Å². The zero-order valence-electron chi connectivity index (χ0n) is 11.4. The minimum Gasteiger partial charge on any atom is -0.385 e. The van der Waals surface area contributed by atoms with Crippen molar-refractivity contribution in [3.63, 3.8) is 0 Å². The molecule has 3 nitrogen and oxygen atoms in total. The number of piperidine rings is 1. The number of hydrogen-bond donors (Lipinski definition) is 0. The summed E-state index contributed by atoms with van der Waals surface area (Å²) >= 11 is 0. The molecule has 0 radical (unpaired) electrons. The van der Waals surface area contributed by atoms with Crippen LogP contribution in [0.4, 0.5) is 0 Å². The molecule has 17 heavy (non-hydrogen) atoms. The standard InChI is InChI=1S/C14H28N2O/c1-17-12-5-4-8-15-9-6-11-16-10-3-2-7-14(16)13-15/h14H,2-13H2,1H3. The molecule has 2 aliphatic rings. The number of hydrogen-bond acceptors (Lipinski definition) is 3. The highest BCUT2D eigenvalue weighted by atomic mass is 16.5. The predicted molar refractivity (Wildman–Crippen MR) is 71.4 cm³/mol. The molecule has 0 aliphatic carbocycles. The van der Waals surface area contributed by atoms with Crippen LogP contribution in [-0.4, -0.2) is 62.3 Å². The minimum atomic E-state index is 0.855. The summed E-state index contributed by atoms with van der Waals surface area (Å²) in [5, 5.41) is 0. The normalized spacial score (nSPS) is 27.7. The highest BCUT2D eigenvalue weighted by molar-refractivity contribution is 4.83. The Kier molecular flexibility index (Phi) is 5.75. The molecule has 0 spiro atoms. The van der Waals surface area contributed by atoms with Gasteiger partial charge in [-0.2, -0.15) is 0 Å². The van der Waals surface area contributed by atoms with E-state index in [4.69, 9.17) is 4.74 Å². The number of fused-ring (bicyclic) bond motifs is 1. The molecular weight excluding hydrogens is 212 g/mol. The second-order valence-corrected chi connectivity index (χ2v) is 5.54. The summed E-state index contributed by atoms with van der Waals surface area (Å²) in [6, 6.07) is 0.855. The van der Waals surface area contributed by atoms with Gasteiger partial charge in [-0.25, -0.2) is 0 Å². The van der Waals surface area contributed by atoms with Crippen LogP contribution >= 0.6 is 0 Å². The average Bonchev–Trinajstić information content (AvgIpc) is 2.56. The summed E-state index contributed by atoms with van der Waals surface area (Å²) in [6.07, 6.45) is 8.15.